The van der Waals surface area contributed by atoms with Crippen LogP contribution in [-0.2, 0) is 19.3 Å². The van der Waals surface area contributed by atoms with Crippen LogP contribution >= 0.6 is 0 Å². The van der Waals surface area contributed by atoms with Gasteiger partial charge in [0.25, 0.3) is 0 Å². The maximum Gasteiger partial charge on any atom is 0.417 e. The average molecular weight is 603 g/mol. The van der Waals surface area contributed by atoms with E-state index in [9.17, 15) is 17.6 Å². The number of nitrogens with one attached hydrogen (secondary N) is 1. The molecule has 0 unspecified atom stereocenters. The van der Waals surface area contributed by atoms with Crippen molar-refractivity contribution in [2.75, 3.05) is 30.0 Å². The maximum absolute atomic E-state index is 14.1. The molecular formula is C32H31FN4O5S. The molecule has 222 valence electrons. The summed E-state index contributed by atoms with van der Waals surface area (Å²) in [6.07, 6.45) is 0.891. The number of hydrogen-bond acceptors (Lipinski definition) is 8. The standard InChI is InChI=1S/C32H31FN4O5S/c1-22-21-41-19-18-37(22)29-20-28(32(16-5-17-32)43(39,40)27-14-10-24(33)11-15-27)35-30(36-29)23-8-12-25(13-9-23)34-31(38)42-26-6-3-2-4-7-26/h2-4,6-15,20,22H,5,16-19,21H2,1H3,(H,34,38)/t22-/m0/s1. The zero-order valence-corrected chi connectivity index (χ0v) is 24.4. The van der Waals surface area contributed by atoms with E-state index in [1.807, 2.05) is 13.0 Å². The normalized spacial score (nSPS) is 18.0. The Morgan fingerprint density at radius 3 is 2.40 bits per heavy atom. The third-order valence-electron chi connectivity index (χ3n) is 7.98. The molecule has 0 spiro atoms. The topological polar surface area (TPSA) is 111 Å². The number of ether oxygens (including phenoxy) is 2. The fourth-order valence-corrected chi connectivity index (χ4v) is 7.60. The lowest BCUT2D eigenvalue weighted by Crippen LogP contribution is -2.46. The van der Waals surface area contributed by atoms with Gasteiger partial charge in [-0.15, -0.1) is 0 Å². The van der Waals surface area contributed by atoms with E-state index < -0.39 is 26.5 Å². The van der Waals surface area contributed by atoms with Gasteiger partial charge in [-0.3, -0.25) is 5.32 Å². The van der Waals surface area contributed by atoms with Crippen LogP contribution in [0.3, 0.4) is 0 Å². The number of carbonyl (C=O) groups is 1. The van der Waals surface area contributed by atoms with E-state index in [1.54, 1.807) is 54.6 Å². The van der Waals surface area contributed by atoms with Crippen LogP contribution in [0.25, 0.3) is 11.4 Å². The third kappa shape index (κ3) is 5.70. The minimum absolute atomic E-state index is 0.0256. The lowest BCUT2D eigenvalue weighted by atomic mass is 9.81. The van der Waals surface area contributed by atoms with Crippen LogP contribution < -0.4 is 15.0 Å². The summed E-state index contributed by atoms with van der Waals surface area (Å²) >= 11 is 0. The van der Waals surface area contributed by atoms with Gasteiger partial charge in [0.05, 0.1) is 29.8 Å². The van der Waals surface area contributed by atoms with E-state index in [2.05, 4.69) is 10.2 Å². The molecule has 0 radical (unpaired) electrons. The summed E-state index contributed by atoms with van der Waals surface area (Å²) in [5.74, 6) is 0.906. The quantitative estimate of drug-likeness (QED) is 0.258. The summed E-state index contributed by atoms with van der Waals surface area (Å²) < 4.78 is 51.5. The van der Waals surface area contributed by atoms with Crippen LogP contribution in [0.1, 0.15) is 31.9 Å². The van der Waals surface area contributed by atoms with E-state index in [0.29, 0.717) is 66.9 Å². The number of morpholine rings is 1. The van der Waals surface area contributed by atoms with Gasteiger partial charge in [-0.25, -0.2) is 27.6 Å². The molecule has 2 heterocycles. The number of aromatic nitrogens is 2. The number of halogens is 1. The summed E-state index contributed by atoms with van der Waals surface area (Å²) in [5.41, 5.74) is 1.58. The molecule has 11 heteroatoms. The van der Waals surface area contributed by atoms with Crippen molar-refractivity contribution < 1.29 is 27.1 Å². The van der Waals surface area contributed by atoms with Crippen LogP contribution in [0.4, 0.5) is 20.7 Å². The Morgan fingerprint density at radius 2 is 1.74 bits per heavy atom. The molecule has 0 bridgehead atoms. The molecule has 1 atom stereocenters. The van der Waals surface area contributed by atoms with Crippen LogP contribution in [0.15, 0.2) is 89.8 Å². The van der Waals surface area contributed by atoms with E-state index >= 15 is 0 Å². The van der Waals surface area contributed by atoms with Crippen molar-refractivity contribution in [2.24, 2.45) is 0 Å². The molecule has 1 aliphatic heterocycles. The lowest BCUT2D eigenvalue weighted by Gasteiger charge is -2.41. The second kappa shape index (κ2) is 11.7. The summed E-state index contributed by atoms with van der Waals surface area (Å²) in [6, 6.07) is 22.5. The predicted molar refractivity (Wildman–Crippen MR) is 160 cm³/mol. The van der Waals surface area contributed by atoms with Crippen LogP contribution in [0.2, 0.25) is 0 Å². The Morgan fingerprint density at radius 1 is 1.02 bits per heavy atom. The lowest BCUT2D eigenvalue weighted by molar-refractivity contribution is 0.0985. The number of nitrogens with zero attached hydrogens (tertiary/aromatic N) is 3. The number of hydrogen-bond donors (Lipinski definition) is 1. The molecule has 2 aliphatic rings. The van der Waals surface area contributed by atoms with Crippen LogP contribution in [0, 0.1) is 5.82 Å². The zero-order valence-electron chi connectivity index (χ0n) is 23.6. The van der Waals surface area contributed by atoms with E-state index in [1.165, 1.54) is 12.1 Å². The summed E-state index contributed by atoms with van der Waals surface area (Å²) in [6.45, 7) is 3.68. The number of carbonyl (C=O) groups excluding carboxylic acids is 1. The van der Waals surface area contributed by atoms with Crippen LogP contribution in [-0.4, -0.2) is 50.3 Å². The van der Waals surface area contributed by atoms with Crippen molar-refractivity contribution in [2.45, 2.75) is 41.9 Å². The summed E-state index contributed by atoms with van der Waals surface area (Å²) in [4.78, 5) is 24.2. The van der Waals surface area contributed by atoms with Gasteiger partial charge in [-0.05, 0) is 86.8 Å². The molecule has 4 aromatic rings. The Hall–Kier alpha value is -4.35. The van der Waals surface area contributed by atoms with Crippen molar-refractivity contribution >= 4 is 27.4 Å². The molecule has 1 saturated carbocycles. The number of benzene rings is 3. The molecule has 1 aliphatic carbocycles. The first-order valence-corrected chi connectivity index (χ1v) is 15.6. The highest BCUT2D eigenvalue weighted by Crippen LogP contribution is 2.51. The van der Waals surface area contributed by atoms with Crippen molar-refractivity contribution in [1.82, 2.24) is 9.97 Å². The van der Waals surface area contributed by atoms with Gasteiger partial charge in [0.1, 0.15) is 22.1 Å². The first kappa shape index (κ1) is 28.8. The van der Waals surface area contributed by atoms with E-state index in [4.69, 9.17) is 19.4 Å². The van der Waals surface area contributed by atoms with Gasteiger partial charge in [0.15, 0.2) is 15.7 Å². The highest BCUT2D eigenvalue weighted by molar-refractivity contribution is 7.92. The fraction of sp³-hybridized carbons (Fsp3) is 0.281. The third-order valence-corrected chi connectivity index (χ3v) is 10.5. The van der Waals surface area contributed by atoms with Gasteiger partial charge in [-0.2, -0.15) is 0 Å². The number of amides is 1. The molecule has 1 N–H and O–H groups in total. The van der Waals surface area contributed by atoms with Crippen molar-refractivity contribution in [1.29, 1.82) is 0 Å². The number of para-hydroxylation sites is 1. The van der Waals surface area contributed by atoms with E-state index in [0.717, 1.165) is 18.6 Å². The molecule has 1 aromatic heterocycles. The smallest absolute Gasteiger partial charge is 0.410 e. The van der Waals surface area contributed by atoms with E-state index in [-0.39, 0.29) is 10.9 Å². The average Bonchev–Trinajstić information content (AvgIpc) is 2.97. The molecule has 3 aromatic carbocycles. The Kier molecular flexibility index (Phi) is 7.85. The second-order valence-corrected chi connectivity index (χ2v) is 13.0. The summed E-state index contributed by atoms with van der Waals surface area (Å²) in [7, 11) is -3.90. The second-order valence-electron chi connectivity index (χ2n) is 10.8. The Bertz CT molecular complexity index is 1710. The molecule has 2 fully saturated rings. The number of anilines is 2. The molecule has 1 saturated heterocycles. The zero-order chi connectivity index (χ0) is 30.0. The highest BCUT2D eigenvalue weighted by Gasteiger charge is 2.52. The maximum atomic E-state index is 14.1. The SMILES string of the molecule is C[C@H]1COCCN1c1cc(C2(S(=O)(=O)c3ccc(F)cc3)CCC2)nc(-c2ccc(NC(=O)Oc3ccccc3)cc2)n1. The van der Waals surface area contributed by atoms with Crippen LogP contribution in [0.5, 0.6) is 5.75 Å². The molecular weight excluding hydrogens is 571 g/mol. The predicted octanol–water partition coefficient (Wildman–Crippen LogP) is 5.97. The highest BCUT2D eigenvalue weighted by atomic mass is 32.2. The molecule has 9 nitrogen and oxygen atoms in total. The van der Waals surface area contributed by atoms with Gasteiger partial charge in [0, 0.05) is 23.9 Å². The Labute approximate surface area is 249 Å². The Balaban J connectivity index is 1.35. The van der Waals surface area contributed by atoms with Crippen molar-refractivity contribution in [3.05, 3.63) is 96.4 Å². The van der Waals surface area contributed by atoms with Gasteiger partial charge >= 0.3 is 6.09 Å². The fourth-order valence-electron chi connectivity index (χ4n) is 5.45. The van der Waals surface area contributed by atoms with Gasteiger partial charge in [-0.1, -0.05) is 18.2 Å². The largest absolute Gasteiger partial charge is 0.417 e. The number of rotatable bonds is 7. The minimum atomic E-state index is -3.90. The first-order valence-electron chi connectivity index (χ1n) is 14.1. The molecule has 43 heavy (non-hydrogen) atoms. The molecule has 6 rings (SSSR count). The minimum Gasteiger partial charge on any atom is -0.410 e. The van der Waals surface area contributed by atoms with Gasteiger partial charge in [0.2, 0.25) is 0 Å². The monoisotopic (exact) mass is 602 g/mol. The number of sulfone groups is 1. The van der Waals surface area contributed by atoms with Crippen molar-refractivity contribution in [3.63, 3.8) is 0 Å². The van der Waals surface area contributed by atoms with Gasteiger partial charge < -0.3 is 14.4 Å². The first-order chi connectivity index (χ1) is 20.7. The molecule has 1 amide bonds. The summed E-state index contributed by atoms with van der Waals surface area (Å²) in [5, 5.41) is 2.70. The van der Waals surface area contributed by atoms with Crippen molar-refractivity contribution in [3.8, 4) is 17.1 Å².